The van der Waals surface area contributed by atoms with Crippen molar-refractivity contribution in [2.45, 2.75) is 25.8 Å². The summed E-state index contributed by atoms with van der Waals surface area (Å²) in [4.78, 5) is 2.24. The number of nitriles is 1. The van der Waals surface area contributed by atoms with E-state index in [2.05, 4.69) is 31.0 Å². The highest BCUT2D eigenvalue weighted by Gasteiger charge is 2.25. The van der Waals surface area contributed by atoms with Gasteiger partial charge < -0.3 is 9.64 Å². The normalized spacial score (nSPS) is 18.6. The van der Waals surface area contributed by atoms with Crippen LogP contribution in [0.25, 0.3) is 0 Å². The topological polar surface area (TPSA) is 36.3 Å². The highest BCUT2D eigenvalue weighted by molar-refractivity contribution is 5.64. The van der Waals surface area contributed by atoms with Gasteiger partial charge in [-0.3, -0.25) is 0 Å². The Hall–Kier alpha value is -1.69. The van der Waals surface area contributed by atoms with Gasteiger partial charge in [0.2, 0.25) is 0 Å². The van der Waals surface area contributed by atoms with E-state index in [1.165, 1.54) is 5.56 Å². The summed E-state index contributed by atoms with van der Waals surface area (Å²) in [5.74, 6) is 0.954. The van der Waals surface area contributed by atoms with Crippen LogP contribution in [0.4, 0.5) is 5.69 Å². The summed E-state index contributed by atoms with van der Waals surface area (Å²) in [6, 6.07) is 8.60. The molecule has 0 N–H and O–H groups in total. The first-order chi connectivity index (χ1) is 7.74. The minimum Gasteiger partial charge on any atom is -0.489 e. The second kappa shape index (κ2) is 4.44. The minimum absolute atomic E-state index is 0.313. The molecule has 0 fully saturated rings. The van der Waals surface area contributed by atoms with Crippen molar-refractivity contribution in [2.75, 3.05) is 18.6 Å². The van der Waals surface area contributed by atoms with Crippen molar-refractivity contribution in [2.24, 2.45) is 0 Å². The third kappa shape index (κ3) is 1.83. The van der Waals surface area contributed by atoms with Gasteiger partial charge in [0, 0.05) is 13.5 Å². The third-order valence-electron chi connectivity index (χ3n) is 3.12. The van der Waals surface area contributed by atoms with Gasteiger partial charge in [-0.2, -0.15) is 5.26 Å². The van der Waals surface area contributed by atoms with Crippen LogP contribution in [-0.4, -0.2) is 19.7 Å². The van der Waals surface area contributed by atoms with Gasteiger partial charge in [-0.1, -0.05) is 12.1 Å². The van der Waals surface area contributed by atoms with Crippen LogP contribution in [0.5, 0.6) is 5.75 Å². The molecule has 1 aromatic carbocycles. The van der Waals surface area contributed by atoms with Crippen molar-refractivity contribution in [3.8, 4) is 11.8 Å². The predicted octanol–water partition coefficient (Wildman–Crippen LogP) is 2.50. The summed E-state index contributed by atoms with van der Waals surface area (Å²) in [5, 5.41) is 8.62. The Morgan fingerprint density at radius 1 is 1.56 bits per heavy atom. The lowest BCUT2D eigenvalue weighted by Crippen LogP contribution is -2.40. The van der Waals surface area contributed by atoms with Crippen molar-refractivity contribution in [3.63, 3.8) is 0 Å². The fraction of sp³-hybridized carbons (Fsp3) is 0.462. The number of rotatable bonds is 2. The molecule has 3 nitrogen and oxygen atoms in total. The quantitative estimate of drug-likeness (QED) is 0.762. The van der Waals surface area contributed by atoms with Crippen LogP contribution in [0, 0.1) is 18.3 Å². The SMILES string of the molecule is Cc1cccc2c1N(C)C(CCC#N)CO2. The summed E-state index contributed by atoms with van der Waals surface area (Å²) in [7, 11) is 2.08. The number of nitrogens with zero attached hydrogens (tertiary/aromatic N) is 2. The number of aryl methyl sites for hydroxylation is 1. The Morgan fingerprint density at radius 2 is 2.38 bits per heavy atom. The van der Waals surface area contributed by atoms with E-state index in [1.54, 1.807) is 0 Å². The average molecular weight is 216 g/mol. The first-order valence-corrected chi connectivity index (χ1v) is 5.56. The van der Waals surface area contributed by atoms with Gasteiger partial charge in [0.1, 0.15) is 12.4 Å². The zero-order chi connectivity index (χ0) is 11.5. The van der Waals surface area contributed by atoms with Crippen LogP contribution in [-0.2, 0) is 0 Å². The largest absolute Gasteiger partial charge is 0.489 e. The fourth-order valence-corrected chi connectivity index (χ4v) is 2.19. The molecule has 1 unspecified atom stereocenters. The van der Waals surface area contributed by atoms with Gasteiger partial charge in [-0.05, 0) is 25.0 Å². The fourth-order valence-electron chi connectivity index (χ4n) is 2.19. The number of fused-ring (bicyclic) bond motifs is 1. The number of benzene rings is 1. The van der Waals surface area contributed by atoms with Crippen molar-refractivity contribution in [1.29, 1.82) is 5.26 Å². The van der Waals surface area contributed by atoms with E-state index < -0.39 is 0 Å². The van der Waals surface area contributed by atoms with Gasteiger partial charge in [-0.25, -0.2) is 0 Å². The lowest BCUT2D eigenvalue weighted by atomic mass is 10.1. The molecule has 0 amide bonds. The number of likely N-dealkylation sites (N-methyl/N-ethyl adjacent to an activating group) is 1. The molecule has 0 spiro atoms. The summed E-state index contributed by atoms with van der Waals surface area (Å²) in [5.41, 5.74) is 2.39. The molecule has 0 aliphatic carbocycles. The zero-order valence-electron chi connectivity index (χ0n) is 9.73. The van der Waals surface area contributed by atoms with E-state index in [0.717, 1.165) is 17.9 Å². The molecule has 16 heavy (non-hydrogen) atoms. The van der Waals surface area contributed by atoms with Crippen molar-refractivity contribution in [3.05, 3.63) is 23.8 Å². The lowest BCUT2D eigenvalue weighted by molar-refractivity contribution is 0.260. The molecule has 0 radical (unpaired) electrons. The van der Waals surface area contributed by atoms with Crippen LogP contribution >= 0.6 is 0 Å². The van der Waals surface area contributed by atoms with Crippen LogP contribution in [0.2, 0.25) is 0 Å². The van der Waals surface area contributed by atoms with Crippen LogP contribution in [0.15, 0.2) is 18.2 Å². The van der Waals surface area contributed by atoms with E-state index in [4.69, 9.17) is 10.00 Å². The van der Waals surface area contributed by atoms with Gasteiger partial charge in [0.25, 0.3) is 0 Å². The van der Waals surface area contributed by atoms with Gasteiger partial charge >= 0.3 is 0 Å². The molecule has 1 atom stereocenters. The molecule has 84 valence electrons. The third-order valence-corrected chi connectivity index (χ3v) is 3.12. The van der Waals surface area contributed by atoms with Gasteiger partial charge in [0.05, 0.1) is 17.8 Å². The van der Waals surface area contributed by atoms with E-state index in [9.17, 15) is 0 Å². The van der Waals surface area contributed by atoms with Crippen molar-refractivity contribution >= 4 is 5.69 Å². The van der Waals surface area contributed by atoms with E-state index in [1.807, 2.05) is 12.1 Å². The van der Waals surface area contributed by atoms with E-state index in [0.29, 0.717) is 19.1 Å². The Balaban J connectivity index is 2.24. The Bertz CT molecular complexity index is 422. The zero-order valence-corrected chi connectivity index (χ0v) is 9.73. The molecule has 0 bridgehead atoms. The maximum absolute atomic E-state index is 8.62. The molecule has 3 heteroatoms. The first-order valence-electron chi connectivity index (χ1n) is 5.56. The van der Waals surface area contributed by atoms with Crippen LogP contribution in [0.1, 0.15) is 18.4 Å². The molecule has 1 aliphatic heterocycles. The number of hydrogen-bond donors (Lipinski definition) is 0. The minimum atomic E-state index is 0.313. The summed E-state index contributed by atoms with van der Waals surface area (Å²) in [6.45, 7) is 2.76. The summed E-state index contributed by atoms with van der Waals surface area (Å²) in [6.07, 6.45) is 1.44. The first kappa shape index (κ1) is 10.8. The molecule has 1 heterocycles. The van der Waals surface area contributed by atoms with Crippen LogP contribution in [0.3, 0.4) is 0 Å². The molecule has 0 saturated carbocycles. The average Bonchev–Trinajstić information content (AvgIpc) is 2.28. The number of anilines is 1. The van der Waals surface area contributed by atoms with Gasteiger partial charge in [0.15, 0.2) is 0 Å². The number of para-hydroxylation sites is 1. The highest BCUT2D eigenvalue weighted by atomic mass is 16.5. The van der Waals surface area contributed by atoms with Crippen LogP contribution < -0.4 is 9.64 Å². The molecule has 0 saturated heterocycles. The lowest BCUT2D eigenvalue weighted by Gasteiger charge is -2.36. The molecule has 2 rings (SSSR count). The molecular formula is C13H16N2O. The number of hydrogen-bond acceptors (Lipinski definition) is 3. The number of ether oxygens (including phenoxy) is 1. The van der Waals surface area contributed by atoms with E-state index in [-0.39, 0.29) is 0 Å². The maximum Gasteiger partial charge on any atom is 0.142 e. The molecule has 0 aromatic heterocycles. The molecule has 1 aromatic rings. The predicted molar refractivity (Wildman–Crippen MR) is 63.7 cm³/mol. The molecular weight excluding hydrogens is 200 g/mol. The van der Waals surface area contributed by atoms with Crippen molar-refractivity contribution in [1.82, 2.24) is 0 Å². The standard InChI is InChI=1S/C13H16N2O/c1-10-5-3-7-12-13(10)15(2)11(9-16-12)6-4-8-14/h3,5,7,11H,4,6,9H2,1-2H3. The van der Waals surface area contributed by atoms with E-state index >= 15 is 0 Å². The Kier molecular flexibility index (Phi) is 3.00. The Morgan fingerprint density at radius 3 is 3.12 bits per heavy atom. The van der Waals surface area contributed by atoms with Gasteiger partial charge in [-0.15, -0.1) is 0 Å². The summed E-state index contributed by atoms with van der Waals surface area (Å²) >= 11 is 0. The molecule has 1 aliphatic rings. The Labute approximate surface area is 96.2 Å². The summed E-state index contributed by atoms with van der Waals surface area (Å²) < 4.78 is 5.73. The smallest absolute Gasteiger partial charge is 0.142 e. The van der Waals surface area contributed by atoms with Crippen molar-refractivity contribution < 1.29 is 4.74 Å². The second-order valence-electron chi connectivity index (χ2n) is 4.19. The second-order valence-corrected chi connectivity index (χ2v) is 4.19. The highest BCUT2D eigenvalue weighted by Crippen LogP contribution is 2.36. The monoisotopic (exact) mass is 216 g/mol. The maximum atomic E-state index is 8.62.